The molecule has 17 heavy (non-hydrogen) atoms. The van der Waals surface area contributed by atoms with Gasteiger partial charge in [0.1, 0.15) is 0 Å². The maximum absolute atomic E-state index is 12.8. The van der Waals surface area contributed by atoms with Crippen LogP contribution in [-0.4, -0.2) is 31.2 Å². The van der Waals surface area contributed by atoms with Crippen LogP contribution in [0.5, 0.6) is 0 Å². The lowest BCUT2D eigenvalue weighted by molar-refractivity contribution is -0.138. The number of hydrogen-bond acceptors (Lipinski definition) is 2. The zero-order valence-electron chi connectivity index (χ0n) is 9.33. The van der Waals surface area contributed by atoms with Gasteiger partial charge in [0.15, 0.2) is 0 Å². The summed E-state index contributed by atoms with van der Waals surface area (Å²) in [5.41, 5.74) is -0.201. The van der Waals surface area contributed by atoms with E-state index in [2.05, 4.69) is 0 Å². The summed E-state index contributed by atoms with van der Waals surface area (Å²) >= 11 is 0. The van der Waals surface area contributed by atoms with E-state index in [1.54, 1.807) is 6.07 Å². The number of hydrogen-bond donors (Lipinski definition) is 0. The smallest absolute Gasteiger partial charge is 0.379 e. The van der Waals surface area contributed by atoms with Gasteiger partial charge in [-0.3, -0.25) is 4.90 Å². The number of benzene rings is 1. The van der Waals surface area contributed by atoms with Gasteiger partial charge in [-0.15, -0.1) is 0 Å². The van der Waals surface area contributed by atoms with Crippen molar-refractivity contribution < 1.29 is 17.9 Å². The largest absolute Gasteiger partial charge is 0.416 e. The molecule has 2 nitrogen and oxygen atoms in total. The molecule has 0 saturated carbocycles. The van der Waals surface area contributed by atoms with Gasteiger partial charge in [-0.2, -0.15) is 13.2 Å². The SMILES string of the molecule is FC(F)(F)c1ccccc1CN1CCOCC1. The van der Waals surface area contributed by atoms with Crippen molar-refractivity contribution in [1.82, 2.24) is 4.90 Å². The van der Waals surface area contributed by atoms with Crippen LogP contribution in [0.2, 0.25) is 0 Å². The molecule has 5 heteroatoms. The Hall–Kier alpha value is -1.07. The fourth-order valence-electron chi connectivity index (χ4n) is 1.93. The first kappa shape index (κ1) is 12.4. The van der Waals surface area contributed by atoms with Gasteiger partial charge in [-0.25, -0.2) is 0 Å². The minimum Gasteiger partial charge on any atom is -0.379 e. The maximum atomic E-state index is 12.8. The van der Waals surface area contributed by atoms with Crippen LogP contribution in [0.25, 0.3) is 0 Å². The van der Waals surface area contributed by atoms with Crippen molar-refractivity contribution in [3.05, 3.63) is 35.4 Å². The zero-order valence-corrected chi connectivity index (χ0v) is 9.33. The van der Waals surface area contributed by atoms with Crippen molar-refractivity contribution in [3.63, 3.8) is 0 Å². The van der Waals surface area contributed by atoms with E-state index in [1.807, 2.05) is 4.90 Å². The third kappa shape index (κ3) is 3.20. The fourth-order valence-corrected chi connectivity index (χ4v) is 1.93. The van der Waals surface area contributed by atoms with Gasteiger partial charge >= 0.3 is 6.18 Å². The minimum atomic E-state index is -4.27. The van der Waals surface area contributed by atoms with Crippen LogP contribution in [-0.2, 0) is 17.5 Å². The van der Waals surface area contributed by atoms with Crippen molar-refractivity contribution in [2.75, 3.05) is 26.3 Å². The molecule has 1 aromatic carbocycles. The highest BCUT2D eigenvalue weighted by atomic mass is 19.4. The Bertz CT molecular complexity index is 372. The highest BCUT2D eigenvalue weighted by Gasteiger charge is 2.33. The van der Waals surface area contributed by atoms with Crippen molar-refractivity contribution in [2.24, 2.45) is 0 Å². The summed E-state index contributed by atoms with van der Waals surface area (Å²) in [5.74, 6) is 0. The lowest BCUT2D eigenvalue weighted by Crippen LogP contribution is -2.36. The molecule has 0 aliphatic carbocycles. The second kappa shape index (κ2) is 5.06. The molecule has 0 spiro atoms. The first-order valence-electron chi connectivity index (χ1n) is 5.52. The normalized spacial score (nSPS) is 18.3. The van der Waals surface area contributed by atoms with Crippen LogP contribution < -0.4 is 0 Å². The lowest BCUT2D eigenvalue weighted by Gasteiger charge is -2.27. The highest BCUT2D eigenvalue weighted by Crippen LogP contribution is 2.32. The third-order valence-electron chi connectivity index (χ3n) is 2.82. The molecule has 1 aromatic rings. The van der Waals surface area contributed by atoms with Crippen LogP contribution in [0.4, 0.5) is 13.2 Å². The molecule has 0 N–H and O–H groups in total. The molecule has 1 aliphatic rings. The molecule has 0 bridgehead atoms. The molecule has 1 fully saturated rings. The molecule has 94 valence electrons. The van der Waals surface area contributed by atoms with Crippen LogP contribution in [0.1, 0.15) is 11.1 Å². The third-order valence-corrected chi connectivity index (χ3v) is 2.82. The van der Waals surface area contributed by atoms with Gasteiger partial charge in [0, 0.05) is 19.6 Å². The van der Waals surface area contributed by atoms with Crippen LogP contribution in [0.15, 0.2) is 24.3 Å². The zero-order chi connectivity index (χ0) is 12.3. The summed E-state index contributed by atoms with van der Waals surface area (Å²) in [7, 11) is 0. The maximum Gasteiger partial charge on any atom is 0.416 e. The number of nitrogens with zero attached hydrogens (tertiary/aromatic N) is 1. The summed E-state index contributed by atoms with van der Waals surface area (Å²) < 4.78 is 43.4. The van der Waals surface area contributed by atoms with Crippen LogP contribution in [0, 0.1) is 0 Å². The summed E-state index contributed by atoms with van der Waals surface area (Å²) in [4.78, 5) is 1.98. The molecule has 0 radical (unpaired) electrons. The molecular weight excluding hydrogens is 231 g/mol. The van der Waals surface area contributed by atoms with E-state index in [0.717, 1.165) is 6.07 Å². The standard InChI is InChI=1S/C12H14F3NO/c13-12(14,15)11-4-2-1-3-10(11)9-16-5-7-17-8-6-16/h1-4H,5-9H2. The predicted molar refractivity (Wildman–Crippen MR) is 57.5 cm³/mol. The molecule has 0 amide bonds. The van der Waals surface area contributed by atoms with E-state index in [1.165, 1.54) is 12.1 Å². The van der Waals surface area contributed by atoms with Crippen molar-refractivity contribution in [1.29, 1.82) is 0 Å². The van der Waals surface area contributed by atoms with E-state index in [0.29, 0.717) is 38.4 Å². The summed E-state index contributed by atoms with van der Waals surface area (Å²) in [5, 5.41) is 0. The first-order chi connectivity index (χ1) is 8.07. The summed E-state index contributed by atoms with van der Waals surface area (Å²) in [6.45, 7) is 2.89. The Morgan fingerprint density at radius 2 is 1.76 bits per heavy atom. The topological polar surface area (TPSA) is 12.5 Å². The average molecular weight is 245 g/mol. The van der Waals surface area contributed by atoms with E-state index in [4.69, 9.17) is 4.74 Å². The minimum absolute atomic E-state index is 0.332. The van der Waals surface area contributed by atoms with Gasteiger partial charge in [-0.1, -0.05) is 18.2 Å². The number of rotatable bonds is 2. The second-order valence-electron chi connectivity index (χ2n) is 4.04. The fraction of sp³-hybridized carbons (Fsp3) is 0.500. The molecule has 0 atom stereocenters. The Kier molecular flexibility index (Phi) is 3.69. The van der Waals surface area contributed by atoms with Gasteiger partial charge in [0.25, 0.3) is 0 Å². The Morgan fingerprint density at radius 1 is 1.12 bits per heavy atom. The van der Waals surface area contributed by atoms with Gasteiger partial charge < -0.3 is 4.74 Å². The summed E-state index contributed by atoms with van der Waals surface area (Å²) in [6.07, 6.45) is -4.27. The van der Waals surface area contributed by atoms with Crippen LogP contribution in [0.3, 0.4) is 0 Å². The molecule has 0 aromatic heterocycles. The second-order valence-corrected chi connectivity index (χ2v) is 4.04. The molecular formula is C12H14F3NO. The van der Waals surface area contributed by atoms with Gasteiger partial charge in [0.2, 0.25) is 0 Å². The number of alkyl halides is 3. The van der Waals surface area contributed by atoms with E-state index in [-0.39, 0.29) is 0 Å². The molecule has 0 unspecified atom stereocenters. The molecule has 2 rings (SSSR count). The number of ether oxygens (including phenoxy) is 1. The number of morpholine rings is 1. The predicted octanol–water partition coefficient (Wildman–Crippen LogP) is 2.54. The Morgan fingerprint density at radius 3 is 2.41 bits per heavy atom. The summed E-state index contributed by atoms with van der Waals surface area (Å²) in [6, 6.07) is 5.74. The molecule has 1 saturated heterocycles. The van der Waals surface area contributed by atoms with E-state index < -0.39 is 11.7 Å². The molecule has 1 aliphatic heterocycles. The monoisotopic (exact) mass is 245 g/mol. The van der Waals surface area contributed by atoms with E-state index >= 15 is 0 Å². The van der Waals surface area contributed by atoms with Crippen molar-refractivity contribution in [3.8, 4) is 0 Å². The number of halogens is 3. The van der Waals surface area contributed by atoms with Crippen molar-refractivity contribution >= 4 is 0 Å². The van der Waals surface area contributed by atoms with Gasteiger partial charge in [-0.05, 0) is 11.6 Å². The quantitative estimate of drug-likeness (QED) is 0.794. The van der Waals surface area contributed by atoms with E-state index in [9.17, 15) is 13.2 Å². The average Bonchev–Trinajstić information content (AvgIpc) is 2.30. The molecule has 1 heterocycles. The Labute approximate surface area is 98.0 Å². The Balaban J connectivity index is 2.14. The first-order valence-corrected chi connectivity index (χ1v) is 5.52. The lowest BCUT2D eigenvalue weighted by atomic mass is 10.1. The van der Waals surface area contributed by atoms with Gasteiger partial charge in [0.05, 0.1) is 18.8 Å². The van der Waals surface area contributed by atoms with Crippen LogP contribution >= 0.6 is 0 Å². The van der Waals surface area contributed by atoms with Crippen molar-refractivity contribution in [2.45, 2.75) is 12.7 Å². The highest BCUT2D eigenvalue weighted by molar-refractivity contribution is 5.29.